The fourth-order valence-corrected chi connectivity index (χ4v) is 3.73. The van der Waals surface area contributed by atoms with Crippen LogP contribution in [0.3, 0.4) is 0 Å². The third kappa shape index (κ3) is 6.62. The van der Waals surface area contributed by atoms with Gasteiger partial charge in [-0.3, -0.25) is 4.79 Å². The highest BCUT2D eigenvalue weighted by Crippen LogP contribution is 2.30. The first kappa shape index (κ1) is 24.9. The van der Waals surface area contributed by atoms with E-state index in [0.29, 0.717) is 36.9 Å². The average molecular weight is 484 g/mol. The lowest BCUT2D eigenvalue weighted by atomic mass is 10.2. The maximum absolute atomic E-state index is 12.5. The van der Waals surface area contributed by atoms with E-state index in [0.717, 1.165) is 17.3 Å². The molecule has 178 valence electrons. The SMILES string of the molecule is COC(=O)/C=C(/Nc1ccc(N2CCN(C(=O)C=Cc3ccccc3)CC2)c(Cl)c1)C(=O)OC. The van der Waals surface area contributed by atoms with Gasteiger partial charge in [0, 0.05) is 37.9 Å². The van der Waals surface area contributed by atoms with Crippen LogP contribution in [0.25, 0.3) is 6.08 Å². The quantitative estimate of drug-likeness (QED) is 0.477. The van der Waals surface area contributed by atoms with Crippen molar-refractivity contribution in [1.82, 2.24) is 4.90 Å². The number of hydrogen-bond acceptors (Lipinski definition) is 7. The Kier molecular flexibility index (Phi) is 8.70. The lowest BCUT2D eigenvalue weighted by Crippen LogP contribution is -2.48. The molecule has 8 nitrogen and oxygen atoms in total. The molecular formula is C25H26ClN3O5. The third-order valence-electron chi connectivity index (χ3n) is 5.25. The number of carbonyl (C=O) groups excluding carboxylic acids is 3. The van der Waals surface area contributed by atoms with Gasteiger partial charge in [0.1, 0.15) is 5.70 Å². The summed E-state index contributed by atoms with van der Waals surface area (Å²) in [5.41, 5.74) is 2.23. The van der Waals surface area contributed by atoms with Crippen LogP contribution in [0.15, 0.2) is 66.4 Å². The van der Waals surface area contributed by atoms with E-state index in [-0.39, 0.29) is 11.6 Å². The molecule has 1 aliphatic heterocycles. The van der Waals surface area contributed by atoms with E-state index in [4.69, 9.17) is 16.3 Å². The largest absolute Gasteiger partial charge is 0.466 e. The maximum atomic E-state index is 12.5. The van der Waals surface area contributed by atoms with Crippen LogP contribution in [0, 0.1) is 0 Å². The Hall–Kier alpha value is -3.78. The number of nitrogens with one attached hydrogen (secondary N) is 1. The molecule has 0 unspecified atom stereocenters. The van der Waals surface area contributed by atoms with Gasteiger partial charge in [-0.2, -0.15) is 0 Å². The molecular weight excluding hydrogens is 458 g/mol. The minimum Gasteiger partial charge on any atom is -0.466 e. The molecule has 1 saturated heterocycles. The van der Waals surface area contributed by atoms with Gasteiger partial charge in [0.15, 0.2) is 0 Å². The van der Waals surface area contributed by atoms with Gasteiger partial charge in [0.05, 0.1) is 31.0 Å². The number of esters is 2. The van der Waals surface area contributed by atoms with Crippen LogP contribution in [-0.4, -0.2) is 63.1 Å². The Morgan fingerprint density at radius 2 is 1.68 bits per heavy atom. The number of anilines is 2. The molecule has 1 N–H and O–H groups in total. The van der Waals surface area contributed by atoms with Gasteiger partial charge in [0.2, 0.25) is 5.91 Å². The standard InChI is InChI=1S/C25H26ClN3O5/c1-33-24(31)17-21(25(32)34-2)27-19-9-10-22(20(26)16-19)28-12-14-29(15-13-28)23(30)11-8-18-6-4-3-5-7-18/h3-11,16-17,27H,12-15H2,1-2H3/b11-8?,21-17+. The molecule has 9 heteroatoms. The van der Waals surface area contributed by atoms with Crippen LogP contribution in [0.5, 0.6) is 0 Å². The zero-order valence-electron chi connectivity index (χ0n) is 19.0. The van der Waals surface area contributed by atoms with Crippen molar-refractivity contribution in [2.75, 3.05) is 50.6 Å². The molecule has 1 fully saturated rings. The second-order valence-electron chi connectivity index (χ2n) is 7.42. The maximum Gasteiger partial charge on any atom is 0.354 e. The van der Waals surface area contributed by atoms with Gasteiger partial charge < -0.3 is 24.6 Å². The molecule has 0 bridgehead atoms. The topological polar surface area (TPSA) is 88.2 Å². The molecule has 1 aliphatic rings. The normalized spacial score (nSPS) is 14.1. The van der Waals surface area contributed by atoms with Gasteiger partial charge in [-0.05, 0) is 29.8 Å². The molecule has 1 heterocycles. The smallest absolute Gasteiger partial charge is 0.354 e. The summed E-state index contributed by atoms with van der Waals surface area (Å²) in [4.78, 5) is 39.9. The molecule has 3 rings (SSSR count). The Morgan fingerprint density at radius 3 is 2.29 bits per heavy atom. The highest BCUT2D eigenvalue weighted by atomic mass is 35.5. The summed E-state index contributed by atoms with van der Waals surface area (Å²) in [5.74, 6) is -1.43. The molecule has 1 amide bonds. The molecule has 0 aliphatic carbocycles. The summed E-state index contributed by atoms with van der Waals surface area (Å²) in [7, 11) is 2.43. The second kappa shape index (κ2) is 11.9. The van der Waals surface area contributed by atoms with Gasteiger partial charge in [-0.15, -0.1) is 0 Å². The minimum absolute atomic E-state index is 0.0260. The van der Waals surface area contributed by atoms with E-state index in [1.165, 1.54) is 14.2 Å². The van der Waals surface area contributed by atoms with Crippen molar-refractivity contribution in [3.63, 3.8) is 0 Å². The Labute approximate surface area is 203 Å². The number of carbonyl (C=O) groups is 3. The predicted octanol–water partition coefficient (Wildman–Crippen LogP) is 3.34. The van der Waals surface area contributed by atoms with Gasteiger partial charge in [0.25, 0.3) is 0 Å². The molecule has 2 aromatic carbocycles. The lowest BCUT2D eigenvalue weighted by Gasteiger charge is -2.36. The molecule has 0 spiro atoms. The number of rotatable bonds is 7. The van der Waals surface area contributed by atoms with Gasteiger partial charge in [-0.25, -0.2) is 9.59 Å². The van der Waals surface area contributed by atoms with E-state index in [9.17, 15) is 14.4 Å². The molecule has 0 radical (unpaired) electrons. The van der Waals surface area contributed by atoms with E-state index in [2.05, 4.69) is 15.0 Å². The van der Waals surface area contributed by atoms with Crippen molar-refractivity contribution in [2.24, 2.45) is 0 Å². The highest BCUT2D eigenvalue weighted by Gasteiger charge is 2.22. The Bertz CT molecular complexity index is 1090. The highest BCUT2D eigenvalue weighted by molar-refractivity contribution is 6.33. The number of benzene rings is 2. The average Bonchev–Trinajstić information content (AvgIpc) is 2.87. The number of hydrogen-bond donors (Lipinski definition) is 1. The van der Waals surface area contributed by atoms with E-state index >= 15 is 0 Å². The summed E-state index contributed by atoms with van der Waals surface area (Å²) < 4.78 is 9.27. The molecule has 2 aromatic rings. The lowest BCUT2D eigenvalue weighted by molar-refractivity contribution is -0.138. The van der Waals surface area contributed by atoms with Gasteiger partial charge in [-0.1, -0.05) is 41.9 Å². The molecule has 0 saturated carbocycles. The van der Waals surface area contributed by atoms with Crippen LogP contribution in [-0.2, 0) is 23.9 Å². The number of ether oxygens (including phenoxy) is 2. The number of methoxy groups -OCH3 is 2. The minimum atomic E-state index is -0.715. The Morgan fingerprint density at radius 1 is 0.971 bits per heavy atom. The number of halogens is 1. The number of nitrogens with zero attached hydrogens (tertiary/aromatic N) is 2. The van der Waals surface area contributed by atoms with Crippen LogP contribution in [0.2, 0.25) is 5.02 Å². The van der Waals surface area contributed by atoms with Crippen LogP contribution >= 0.6 is 11.6 Å². The van der Waals surface area contributed by atoms with Crippen LogP contribution < -0.4 is 10.2 Å². The number of amides is 1. The molecule has 0 atom stereocenters. The third-order valence-corrected chi connectivity index (χ3v) is 5.55. The van der Waals surface area contributed by atoms with Crippen molar-refractivity contribution in [1.29, 1.82) is 0 Å². The van der Waals surface area contributed by atoms with Gasteiger partial charge >= 0.3 is 11.9 Å². The fourth-order valence-electron chi connectivity index (χ4n) is 3.43. The first-order valence-corrected chi connectivity index (χ1v) is 11.0. The summed E-state index contributed by atoms with van der Waals surface area (Å²) >= 11 is 6.51. The summed E-state index contributed by atoms with van der Waals surface area (Å²) in [6, 6.07) is 14.9. The fraction of sp³-hybridized carbons (Fsp3) is 0.240. The molecule has 34 heavy (non-hydrogen) atoms. The first-order chi connectivity index (χ1) is 16.4. The van der Waals surface area contributed by atoms with E-state index in [1.807, 2.05) is 42.5 Å². The number of piperazine rings is 1. The zero-order valence-corrected chi connectivity index (χ0v) is 19.7. The Balaban J connectivity index is 1.62. The van der Waals surface area contributed by atoms with Crippen molar-refractivity contribution in [3.8, 4) is 0 Å². The van der Waals surface area contributed by atoms with Crippen LogP contribution in [0.1, 0.15) is 5.56 Å². The van der Waals surface area contributed by atoms with E-state index in [1.54, 1.807) is 23.1 Å². The van der Waals surface area contributed by atoms with E-state index < -0.39 is 11.9 Å². The van der Waals surface area contributed by atoms with Crippen molar-refractivity contribution in [2.45, 2.75) is 0 Å². The zero-order chi connectivity index (χ0) is 24.5. The van der Waals surface area contributed by atoms with Crippen molar-refractivity contribution < 1.29 is 23.9 Å². The molecule has 0 aromatic heterocycles. The summed E-state index contributed by atoms with van der Waals surface area (Å²) in [5, 5.41) is 3.31. The predicted molar refractivity (Wildman–Crippen MR) is 131 cm³/mol. The van der Waals surface area contributed by atoms with Crippen molar-refractivity contribution in [3.05, 3.63) is 77.0 Å². The summed E-state index contributed by atoms with van der Waals surface area (Å²) in [6.07, 6.45) is 4.42. The first-order valence-electron chi connectivity index (χ1n) is 10.6. The summed E-state index contributed by atoms with van der Waals surface area (Å²) in [6.45, 7) is 2.41. The van der Waals surface area contributed by atoms with Crippen molar-refractivity contribution >= 4 is 46.9 Å². The van der Waals surface area contributed by atoms with Crippen LogP contribution in [0.4, 0.5) is 11.4 Å². The second-order valence-corrected chi connectivity index (χ2v) is 7.83. The monoisotopic (exact) mass is 483 g/mol.